The molecular formula is C25H35N5O5. The Kier molecular flexibility index (Phi) is 9.25. The van der Waals surface area contributed by atoms with Gasteiger partial charge in [0.1, 0.15) is 0 Å². The summed E-state index contributed by atoms with van der Waals surface area (Å²) in [4.78, 5) is 30.8. The van der Waals surface area contributed by atoms with Crippen LogP contribution in [0, 0.1) is 5.92 Å². The van der Waals surface area contributed by atoms with Gasteiger partial charge in [0.05, 0.1) is 33.1 Å². The molecule has 1 aliphatic heterocycles. The lowest BCUT2D eigenvalue weighted by atomic mass is 10.1. The molecule has 0 unspecified atom stereocenters. The molecular weight excluding hydrogens is 450 g/mol. The number of hydrogen-bond donors (Lipinski definition) is 0. The van der Waals surface area contributed by atoms with Crippen molar-refractivity contribution in [3.63, 3.8) is 0 Å². The molecule has 0 bridgehead atoms. The summed E-state index contributed by atoms with van der Waals surface area (Å²) in [5.74, 6) is 1.79. The standard InChI is InChI=1S/C25H35N5O5/c1-18(2)25(32)30(14-15-33-3)17-24(31)29-12-10-28(11-13-29)23-9-7-20(26-27-23)19-6-8-21(34-4)22(16-19)35-5/h6-9,16,18H,10-15,17H2,1-5H3. The van der Waals surface area contributed by atoms with Crippen LogP contribution in [0.5, 0.6) is 11.5 Å². The van der Waals surface area contributed by atoms with Crippen molar-refractivity contribution in [3.05, 3.63) is 30.3 Å². The summed E-state index contributed by atoms with van der Waals surface area (Å²) in [5.41, 5.74) is 1.61. The van der Waals surface area contributed by atoms with E-state index in [0.717, 1.165) is 17.1 Å². The van der Waals surface area contributed by atoms with Crippen LogP contribution in [0.15, 0.2) is 30.3 Å². The quantitative estimate of drug-likeness (QED) is 0.504. The summed E-state index contributed by atoms with van der Waals surface area (Å²) in [6.07, 6.45) is 0. The van der Waals surface area contributed by atoms with Gasteiger partial charge in [-0.3, -0.25) is 9.59 Å². The van der Waals surface area contributed by atoms with Crippen LogP contribution >= 0.6 is 0 Å². The van der Waals surface area contributed by atoms with Crippen LogP contribution in [-0.2, 0) is 14.3 Å². The highest BCUT2D eigenvalue weighted by Gasteiger charge is 2.26. The Morgan fingerprint density at radius 2 is 1.69 bits per heavy atom. The van der Waals surface area contributed by atoms with Crippen molar-refractivity contribution in [2.75, 3.05) is 72.1 Å². The number of ether oxygens (including phenoxy) is 3. The lowest BCUT2D eigenvalue weighted by Crippen LogP contribution is -2.52. The van der Waals surface area contributed by atoms with E-state index in [4.69, 9.17) is 14.2 Å². The zero-order chi connectivity index (χ0) is 25.4. The number of nitrogens with zero attached hydrogens (tertiary/aromatic N) is 5. The number of amides is 2. The molecule has 3 rings (SSSR count). The third-order valence-corrected chi connectivity index (χ3v) is 5.98. The Labute approximate surface area is 206 Å². The number of benzene rings is 1. The van der Waals surface area contributed by atoms with E-state index in [0.29, 0.717) is 50.8 Å². The van der Waals surface area contributed by atoms with E-state index in [2.05, 4.69) is 15.1 Å². The maximum absolute atomic E-state index is 12.9. The number of anilines is 1. The van der Waals surface area contributed by atoms with Crippen LogP contribution in [0.2, 0.25) is 0 Å². The molecule has 2 heterocycles. The first-order chi connectivity index (χ1) is 16.9. The van der Waals surface area contributed by atoms with Gasteiger partial charge in [-0.25, -0.2) is 0 Å². The molecule has 10 nitrogen and oxygen atoms in total. The molecule has 0 N–H and O–H groups in total. The molecule has 1 saturated heterocycles. The minimum atomic E-state index is -0.169. The molecule has 1 aromatic carbocycles. The van der Waals surface area contributed by atoms with Gasteiger partial charge in [-0.2, -0.15) is 0 Å². The average molecular weight is 486 g/mol. The summed E-state index contributed by atoms with van der Waals surface area (Å²) in [7, 11) is 4.78. The smallest absolute Gasteiger partial charge is 0.242 e. The molecule has 1 aromatic heterocycles. The van der Waals surface area contributed by atoms with E-state index in [1.54, 1.807) is 31.1 Å². The SMILES string of the molecule is COCCN(CC(=O)N1CCN(c2ccc(-c3ccc(OC)c(OC)c3)nn2)CC1)C(=O)C(C)C. The van der Waals surface area contributed by atoms with Crippen LogP contribution < -0.4 is 14.4 Å². The minimum Gasteiger partial charge on any atom is -0.493 e. The first kappa shape index (κ1) is 26.2. The first-order valence-corrected chi connectivity index (χ1v) is 11.7. The van der Waals surface area contributed by atoms with Crippen LogP contribution in [0.4, 0.5) is 5.82 Å². The zero-order valence-corrected chi connectivity index (χ0v) is 21.2. The van der Waals surface area contributed by atoms with Crippen molar-refractivity contribution in [1.82, 2.24) is 20.0 Å². The Morgan fingerprint density at radius 3 is 2.26 bits per heavy atom. The minimum absolute atomic E-state index is 0.0427. The molecule has 2 aromatic rings. The molecule has 1 fully saturated rings. The number of carbonyl (C=O) groups is 2. The third-order valence-electron chi connectivity index (χ3n) is 5.98. The van der Waals surface area contributed by atoms with Crippen molar-refractivity contribution < 1.29 is 23.8 Å². The number of piperazine rings is 1. The lowest BCUT2D eigenvalue weighted by molar-refractivity contribution is -0.143. The first-order valence-electron chi connectivity index (χ1n) is 11.7. The largest absolute Gasteiger partial charge is 0.493 e. The topological polar surface area (TPSA) is 97.3 Å². The van der Waals surface area contributed by atoms with Gasteiger partial charge in [0.2, 0.25) is 11.8 Å². The molecule has 190 valence electrons. The van der Waals surface area contributed by atoms with Crippen molar-refractivity contribution in [3.8, 4) is 22.8 Å². The summed E-state index contributed by atoms with van der Waals surface area (Å²) in [6, 6.07) is 9.48. The maximum atomic E-state index is 12.9. The van der Waals surface area contributed by atoms with E-state index < -0.39 is 0 Å². The predicted octanol–water partition coefficient (Wildman–Crippen LogP) is 1.94. The third kappa shape index (κ3) is 6.60. The van der Waals surface area contributed by atoms with Crippen LogP contribution in [0.25, 0.3) is 11.3 Å². The number of rotatable bonds is 10. The molecule has 1 aliphatic rings. The van der Waals surface area contributed by atoms with Gasteiger partial charge < -0.3 is 28.9 Å². The zero-order valence-electron chi connectivity index (χ0n) is 21.2. The second-order valence-corrected chi connectivity index (χ2v) is 8.62. The highest BCUT2D eigenvalue weighted by Crippen LogP contribution is 2.31. The molecule has 0 saturated carbocycles. The molecule has 0 aliphatic carbocycles. The van der Waals surface area contributed by atoms with Gasteiger partial charge in [-0.05, 0) is 30.3 Å². The van der Waals surface area contributed by atoms with Gasteiger partial charge in [0, 0.05) is 51.3 Å². The van der Waals surface area contributed by atoms with Gasteiger partial charge in [-0.15, -0.1) is 10.2 Å². The van der Waals surface area contributed by atoms with Crippen LogP contribution in [0.3, 0.4) is 0 Å². The summed E-state index contributed by atoms with van der Waals surface area (Å²) >= 11 is 0. The monoisotopic (exact) mass is 485 g/mol. The fourth-order valence-corrected chi connectivity index (χ4v) is 3.93. The summed E-state index contributed by atoms with van der Waals surface area (Å²) in [6.45, 7) is 6.96. The Hall–Kier alpha value is -3.40. The normalized spacial score (nSPS) is 13.7. The second kappa shape index (κ2) is 12.3. The summed E-state index contributed by atoms with van der Waals surface area (Å²) in [5, 5.41) is 8.79. The highest BCUT2D eigenvalue weighted by atomic mass is 16.5. The fraction of sp³-hybridized carbons (Fsp3) is 0.520. The molecule has 0 atom stereocenters. The number of methoxy groups -OCH3 is 3. The van der Waals surface area contributed by atoms with Crippen molar-refractivity contribution in [2.45, 2.75) is 13.8 Å². The Bertz CT molecular complexity index is 990. The molecule has 35 heavy (non-hydrogen) atoms. The molecule has 10 heteroatoms. The van der Waals surface area contributed by atoms with E-state index in [9.17, 15) is 9.59 Å². The maximum Gasteiger partial charge on any atom is 0.242 e. The molecule has 0 spiro atoms. The van der Waals surface area contributed by atoms with E-state index in [-0.39, 0.29) is 24.3 Å². The van der Waals surface area contributed by atoms with Gasteiger partial charge in [0.25, 0.3) is 0 Å². The molecule has 2 amide bonds. The van der Waals surface area contributed by atoms with Gasteiger partial charge >= 0.3 is 0 Å². The second-order valence-electron chi connectivity index (χ2n) is 8.62. The van der Waals surface area contributed by atoms with Crippen molar-refractivity contribution in [2.24, 2.45) is 5.92 Å². The number of aromatic nitrogens is 2. The van der Waals surface area contributed by atoms with Gasteiger partial charge in [-0.1, -0.05) is 13.8 Å². The van der Waals surface area contributed by atoms with E-state index in [1.807, 2.05) is 44.2 Å². The Balaban J connectivity index is 1.58. The predicted molar refractivity (Wildman–Crippen MR) is 133 cm³/mol. The number of carbonyl (C=O) groups excluding carboxylic acids is 2. The Morgan fingerprint density at radius 1 is 0.971 bits per heavy atom. The van der Waals surface area contributed by atoms with Gasteiger partial charge in [0.15, 0.2) is 17.3 Å². The lowest BCUT2D eigenvalue weighted by Gasteiger charge is -2.36. The average Bonchev–Trinajstić information content (AvgIpc) is 2.90. The highest BCUT2D eigenvalue weighted by molar-refractivity contribution is 5.85. The van der Waals surface area contributed by atoms with Crippen molar-refractivity contribution >= 4 is 17.6 Å². The van der Waals surface area contributed by atoms with Crippen molar-refractivity contribution in [1.29, 1.82) is 0 Å². The fourth-order valence-electron chi connectivity index (χ4n) is 3.93. The van der Waals surface area contributed by atoms with E-state index >= 15 is 0 Å². The van der Waals surface area contributed by atoms with Crippen LogP contribution in [0.1, 0.15) is 13.8 Å². The van der Waals surface area contributed by atoms with Crippen LogP contribution in [-0.4, -0.2) is 99.0 Å². The summed E-state index contributed by atoms with van der Waals surface area (Å²) < 4.78 is 15.8. The molecule has 0 radical (unpaired) electrons. The van der Waals surface area contributed by atoms with E-state index in [1.165, 1.54) is 0 Å². The number of hydrogen-bond acceptors (Lipinski definition) is 8.